The van der Waals surface area contributed by atoms with Crippen LogP contribution < -0.4 is 15.4 Å². The summed E-state index contributed by atoms with van der Waals surface area (Å²) in [5, 5.41) is 6.52. The predicted molar refractivity (Wildman–Crippen MR) is 120 cm³/mol. The van der Waals surface area contributed by atoms with Crippen LogP contribution in [0.5, 0.6) is 5.75 Å². The van der Waals surface area contributed by atoms with Crippen LogP contribution in [0.2, 0.25) is 0 Å². The predicted octanol–water partition coefficient (Wildman–Crippen LogP) is 4.78. The van der Waals surface area contributed by atoms with Crippen LogP contribution in [0.3, 0.4) is 0 Å². The maximum absolute atomic E-state index is 12.4. The minimum absolute atomic E-state index is 0.223. The summed E-state index contributed by atoms with van der Waals surface area (Å²) in [7, 11) is 0. The number of nitrogens with one attached hydrogen (secondary N) is 2. The standard InChI is InChI=1S/C24H27N3O4/c1-24(2,3)31-23(29)27-19-11-4-9-18(16-19)22(28)26-14-7-15-30-20-12-5-8-17-10-6-13-25-21(17)20/h4-6,8-13,16H,7,14-15H2,1-3H3,(H,26,28)(H,27,29). The van der Waals surface area contributed by atoms with E-state index in [0.717, 1.165) is 16.7 Å². The van der Waals surface area contributed by atoms with Gasteiger partial charge < -0.3 is 14.8 Å². The van der Waals surface area contributed by atoms with Crippen LogP contribution >= 0.6 is 0 Å². The van der Waals surface area contributed by atoms with Crippen LogP contribution in [0.25, 0.3) is 10.9 Å². The molecule has 1 heterocycles. The van der Waals surface area contributed by atoms with Crippen LogP contribution in [0.1, 0.15) is 37.6 Å². The number of para-hydroxylation sites is 1. The van der Waals surface area contributed by atoms with Crippen molar-refractivity contribution in [3.63, 3.8) is 0 Å². The van der Waals surface area contributed by atoms with Gasteiger partial charge in [0.15, 0.2) is 0 Å². The molecule has 2 amide bonds. The molecule has 0 atom stereocenters. The van der Waals surface area contributed by atoms with Gasteiger partial charge in [0.2, 0.25) is 0 Å². The molecule has 2 N–H and O–H groups in total. The number of hydrogen-bond donors (Lipinski definition) is 2. The van der Waals surface area contributed by atoms with E-state index in [-0.39, 0.29) is 5.91 Å². The molecular formula is C24H27N3O4. The molecule has 7 heteroatoms. The van der Waals surface area contributed by atoms with E-state index >= 15 is 0 Å². The van der Waals surface area contributed by atoms with Crippen molar-refractivity contribution in [3.05, 3.63) is 66.4 Å². The molecule has 3 rings (SSSR count). The van der Waals surface area contributed by atoms with E-state index in [0.29, 0.717) is 30.8 Å². The van der Waals surface area contributed by atoms with Crippen molar-refractivity contribution in [2.24, 2.45) is 0 Å². The number of hydrogen-bond acceptors (Lipinski definition) is 5. The monoisotopic (exact) mass is 421 g/mol. The number of benzene rings is 2. The molecule has 0 aliphatic rings. The Bertz CT molecular complexity index is 1050. The average molecular weight is 421 g/mol. The number of aromatic nitrogens is 1. The molecule has 0 fully saturated rings. The second-order valence-corrected chi connectivity index (χ2v) is 8.00. The first-order valence-corrected chi connectivity index (χ1v) is 10.2. The Morgan fingerprint density at radius 3 is 2.61 bits per heavy atom. The van der Waals surface area contributed by atoms with Crippen LogP contribution in [-0.4, -0.2) is 35.7 Å². The summed E-state index contributed by atoms with van der Waals surface area (Å²) in [6.45, 7) is 6.28. The second kappa shape index (κ2) is 9.93. The molecule has 1 aromatic heterocycles. The van der Waals surface area contributed by atoms with Gasteiger partial charge in [0.05, 0.1) is 6.61 Å². The lowest BCUT2D eigenvalue weighted by Crippen LogP contribution is -2.28. The lowest BCUT2D eigenvalue weighted by Gasteiger charge is -2.19. The summed E-state index contributed by atoms with van der Waals surface area (Å²) >= 11 is 0. The van der Waals surface area contributed by atoms with Gasteiger partial charge in [-0.2, -0.15) is 0 Å². The van der Waals surface area contributed by atoms with Crippen LogP contribution in [0.15, 0.2) is 60.8 Å². The third-order valence-corrected chi connectivity index (χ3v) is 4.23. The number of ether oxygens (including phenoxy) is 2. The van der Waals surface area contributed by atoms with E-state index in [1.165, 1.54) is 0 Å². The minimum atomic E-state index is -0.594. The minimum Gasteiger partial charge on any atom is -0.491 e. The molecule has 0 spiro atoms. The fourth-order valence-electron chi connectivity index (χ4n) is 2.91. The Balaban J connectivity index is 1.46. The zero-order valence-corrected chi connectivity index (χ0v) is 18.0. The van der Waals surface area contributed by atoms with Crippen molar-refractivity contribution < 1.29 is 19.1 Å². The first-order valence-electron chi connectivity index (χ1n) is 10.2. The SMILES string of the molecule is CC(C)(C)OC(=O)Nc1cccc(C(=O)NCCCOc2cccc3cccnc23)c1. The zero-order chi connectivity index (χ0) is 22.3. The second-order valence-electron chi connectivity index (χ2n) is 8.00. The Labute approximate surface area is 181 Å². The van der Waals surface area contributed by atoms with E-state index in [4.69, 9.17) is 9.47 Å². The number of amides is 2. The van der Waals surface area contributed by atoms with Gasteiger partial charge in [0.1, 0.15) is 16.9 Å². The van der Waals surface area contributed by atoms with Gasteiger partial charge in [-0.3, -0.25) is 15.1 Å². The molecule has 162 valence electrons. The maximum Gasteiger partial charge on any atom is 0.412 e. The highest BCUT2D eigenvalue weighted by Crippen LogP contribution is 2.22. The molecule has 0 radical (unpaired) electrons. The van der Waals surface area contributed by atoms with E-state index in [1.807, 2.05) is 30.3 Å². The highest BCUT2D eigenvalue weighted by atomic mass is 16.6. The van der Waals surface area contributed by atoms with E-state index in [9.17, 15) is 9.59 Å². The smallest absolute Gasteiger partial charge is 0.412 e. The summed E-state index contributed by atoms with van der Waals surface area (Å²) in [6.07, 6.45) is 1.82. The molecule has 0 saturated heterocycles. The molecule has 3 aromatic rings. The third kappa shape index (κ3) is 6.70. The van der Waals surface area contributed by atoms with E-state index in [1.54, 1.807) is 51.2 Å². The van der Waals surface area contributed by atoms with Gasteiger partial charge in [-0.25, -0.2) is 4.79 Å². The zero-order valence-electron chi connectivity index (χ0n) is 18.0. The molecule has 0 aliphatic carbocycles. The Morgan fingerprint density at radius 1 is 1.03 bits per heavy atom. The Hall–Kier alpha value is -3.61. The Kier molecular flexibility index (Phi) is 7.07. The summed E-state index contributed by atoms with van der Waals surface area (Å²) in [6, 6.07) is 16.4. The summed E-state index contributed by atoms with van der Waals surface area (Å²) in [5.41, 5.74) is 1.17. The summed E-state index contributed by atoms with van der Waals surface area (Å²) in [5.74, 6) is 0.505. The topological polar surface area (TPSA) is 89.5 Å². The molecule has 2 aromatic carbocycles. The normalized spacial score (nSPS) is 11.1. The van der Waals surface area contributed by atoms with Crippen LogP contribution in [0, 0.1) is 0 Å². The van der Waals surface area contributed by atoms with Gasteiger partial charge in [-0.05, 0) is 57.5 Å². The molecular weight excluding hydrogens is 394 g/mol. The average Bonchev–Trinajstić information content (AvgIpc) is 2.72. The highest BCUT2D eigenvalue weighted by molar-refractivity contribution is 5.96. The van der Waals surface area contributed by atoms with Crippen molar-refractivity contribution in [3.8, 4) is 5.75 Å². The summed E-state index contributed by atoms with van der Waals surface area (Å²) in [4.78, 5) is 28.7. The summed E-state index contributed by atoms with van der Waals surface area (Å²) < 4.78 is 11.1. The van der Waals surface area contributed by atoms with Gasteiger partial charge in [0, 0.05) is 29.4 Å². The number of rotatable bonds is 7. The third-order valence-electron chi connectivity index (χ3n) is 4.23. The molecule has 31 heavy (non-hydrogen) atoms. The van der Waals surface area contributed by atoms with Crippen molar-refractivity contribution in [2.75, 3.05) is 18.5 Å². The van der Waals surface area contributed by atoms with Gasteiger partial charge in [-0.1, -0.05) is 24.3 Å². The van der Waals surface area contributed by atoms with Gasteiger partial charge in [0.25, 0.3) is 5.91 Å². The number of nitrogens with zero attached hydrogens (tertiary/aromatic N) is 1. The largest absolute Gasteiger partial charge is 0.491 e. The number of anilines is 1. The first kappa shape index (κ1) is 22.1. The van der Waals surface area contributed by atoms with Crippen molar-refractivity contribution >= 4 is 28.6 Å². The van der Waals surface area contributed by atoms with Crippen LogP contribution in [-0.2, 0) is 4.74 Å². The maximum atomic E-state index is 12.4. The van der Waals surface area contributed by atoms with Crippen LogP contribution in [0.4, 0.5) is 10.5 Å². The van der Waals surface area contributed by atoms with Gasteiger partial charge in [-0.15, -0.1) is 0 Å². The lowest BCUT2D eigenvalue weighted by molar-refractivity contribution is 0.0635. The molecule has 7 nitrogen and oxygen atoms in total. The highest BCUT2D eigenvalue weighted by Gasteiger charge is 2.16. The van der Waals surface area contributed by atoms with Gasteiger partial charge >= 0.3 is 6.09 Å². The number of pyridine rings is 1. The van der Waals surface area contributed by atoms with E-state index in [2.05, 4.69) is 15.6 Å². The first-order chi connectivity index (χ1) is 14.8. The van der Waals surface area contributed by atoms with E-state index < -0.39 is 11.7 Å². The van der Waals surface area contributed by atoms with Crippen molar-refractivity contribution in [1.29, 1.82) is 0 Å². The van der Waals surface area contributed by atoms with Crippen molar-refractivity contribution in [2.45, 2.75) is 32.8 Å². The molecule has 0 bridgehead atoms. The fraction of sp³-hybridized carbons (Fsp3) is 0.292. The molecule has 0 unspecified atom stereocenters. The number of carbonyl (C=O) groups is 2. The number of fused-ring (bicyclic) bond motifs is 1. The number of carbonyl (C=O) groups excluding carboxylic acids is 2. The van der Waals surface area contributed by atoms with Crippen molar-refractivity contribution in [1.82, 2.24) is 10.3 Å². The fourth-order valence-corrected chi connectivity index (χ4v) is 2.91. The quantitative estimate of drug-likeness (QED) is 0.536. The molecule has 0 saturated carbocycles. The Morgan fingerprint density at radius 2 is 1.81 bits per heavy atom. The molecule has 0 aliphatic heterocycles. The lowest BCUT2D eigenvalue weighted by atomic mass is 10.2.